The van der Waals surface area contributed by atoms with Crippen molar-refractivity contribution >= 4 is 33.2 Å². The van der Waals surface area contributed by atoms with E-state index in [1.54, 1.807) is 0 Å². The Hall–Kier alpha value is -1.59. The fraction of sp³-hybridized carbons (Fsp3) is 0.133. The van der Waals surface area contributed by atoms with Crippen molar-refractivity contribution in [3.63, 3.8) is 0 Å². The molecule has 1 aromatic heterocycles. The molecule has 0 aliphatic rings. The molecular formula is C15H9ClF3NS. The highest BCUT2D eigenvalue weighted by Crippen LogP contribution is 2.30. The molecule has 0 saturated heterocycles. The Morgan fingerprint density at radius 2 is 1.76 bits per heavy atom. The monoisotopic (exact) mass is 327 g/mol. The number of halogens is 4. The molecule has 0 bridgehead atoms. The van der Waals surface area contributed by atoms with E-state index >= 15 is 0 Å². The van der Waals surface area contributed by atoms with E-state index in [0.29, 0.717) is 6.42 Å². The second kappa shape index (κ2) is 5.66. The molecule has 0 saturated carbocycles. The summed E-state index contributed by atoms with van der Waals surface area (Å²) >= 11 is 7.65. The molecule has 0 spiro atoms. The maximum Gasteiger partial charge on any atom is 0.194 e. The maximum absolute atomic E-state index is 13.2. The maximum atomic E-state index is 13.2. The Balaban J connectivity index is 1.87. The molecule has 3 aromatic rings. The van der Waals surface area contributed by atoms with Crippen LogP contribution in [0.2, 0.25) is 0 Å². The predicted octanol–water partition coefficient (Wildman–Crippen LogP) is 5.24. The van der Waals surface area contributed by atoms with Gasteiger partial charge in [-0.3, -0.25) is 0 Å². The first-order valence-corrected chi connectivity index (χ1v) is 7.43. The van der Waals surface area contributed by atoms with Gasteiger partial charge in [0.05, 0.1) is 20.6 Å². The van der Waals surface area contributed by atoms with Crippen LogP contribution in [0.1, 0.15) is 15.9 Å². The third-order valence-electron chi connectivity index (χ3n) is 3.06. The highest BCUT2D eigenvalue weighted by atomic mass is 35.5. The van der Waals surface area contributed by atoms with Gasteiger partial charge in [0.15, 0.2) is 17.5 Å². The minimum atomic E-state index is -1.48. The van der Waals surface area contributed by atoms with Crippen molar-refractivity contribution in [3.05, 3.63) is 64.4 Å². The van der Waals surface area contributed by atoms with Crippen LogP contribution < -0.4 is 0 Å². The van der Waals surface area contributed by atoms with Gasteiger partial charge in [0.1, 0.15) is 0 Å². The normalized spacial score (nSPS) is 12.8. The zero-order valence-electron chi connectivity index (χ0n) is 10.6. The second-order valence-corrected chi connectivity index (χ2v) is 6.19. The topological polar surface area (TPSA) is 12.9 Å². The molecule has 1 atom stereocenters. The summed E-state index contributed by atoms with van der Waals surface area (Å²) in [5, 5.41) is 0.0940. The molecule has 0 fully saturated rings. The van der Waals surface area contributed by atoms with Gasteiger partial charge in [-0.05, 0) is 29.8 Å². The van der Waals surface area contributed by atoms with Crippen LogP contribution in [0.25, 0.3) is 10.2 Å². The number of hydrogen-bond donors (Lipinski definition) is 0. The lowest BCUT2D eigenvalue weighted by Gasteiger charge is -2.09. The van der Waals surface area contributed by atoms with Crippen molar-refractivity contribution in [2.75, 3.05) is 0 Å². The van der Waals surface area contributed by atoms with Gasteiger partial charge in [-0.25, -0.2) is 18.2 Å². The van der Waals surface area contributed by atoms with Crippen LogP contribution >= 0.6 is 22.9 Å². The first-order chi connectivity index (χ1) is 10.0. The molecule has 1 nitrogen and oxygen atoms in total. The highest BCUT2D eigenvalue weighted by molar-refractivity contribution is 7.18. The van der Waals surface area contributed by atoms with Crippen LogP contribution in [0.15, 0.2) is 36.4 Å². The summed E-state index contributed by atoms with van der Waals surface area (Å²) in [7, 11) is 0. The van der Waals surface area contributed by atoms with Crippen LogP contribution in [0.5, 0.6) is 0 Å². The van der Waals surface area contributed by atoms with Gasteiger partial charge in [-0.1, -0.05) is 12.1 Å². The van der Waals surface area contributed by atoms with E-state index in [-0.39, 0.29) is 5.56 Å². The fourth-order valence-electron chi connectivity index (χ4n) is 2.03. The first-order valence-electron chi connectivity index (χ1n) is 6.17. The average molecular weight is 328 g/mol. The summed E-state index contributed by atoms with van der Waals surface area (Å²) in [6.07, 6.45) is 0.325. The Morgan fingerprint density at radius 1 is 1.10 bits per heavy atom. The van der Waals surface area contributed by atoms with Gasteiger partial charge in [-0.2, -0.15) is 0 Å². The van der Waals surface area contributed by atoms with E-state index in [4.69, 9.17) is 11.6 Å². The third kappa shape index (κ3) is 2.89. The molecule has 21 heavy (non-hydrogen) atoms. The molecule has 0 radical (unpaired) electrons. The van der Waals surface area contributed by atoms with Crippen molar-refractivity contribution < 1.29 is 13.2 Å². The molecule has 0 aliphatic heterocycles. The van der Waals surface area contributed by atoms with Crippen LogP contribution in [-0.4, -0.2) is 4.98 Å². The third-order valence-corrected chi connectivity index (χ3v) is 4.52. The number of para-hydroxylation sites is 1. The van der Waals surface area contributed by atoms with Gasteiger partial charge in [0.2, 0.25) is 0 Å². The van der Waals surface area contributed by atoms with Crippen LogP contribution in [0, 0.1) is 17.5 Å². The van der Waals surface area contributed by atoms with Crippen molar-refractivity contribution in [2.45, 2.75) is 11.8 Å². The molecule has 108 valence electrons. The second-order valence-electron chi connectivity index (χ2n) is 4.55. The van der Waals surface area contributed by atoms with Crippen molar-refractivity contribution in [1.82, 2.24) is 4.98 Å². The molecular weight excluding hydrogens is 319 g/mol. The molecule has 0 amide bonds. The first kappa shape index (κ1) is 14.4. The number of benzene rings is 2. The van der Waals surface area contributed by atoms with E-state index in [2.05, 4.69) is 4.98 Å². The SMILES string of the molecule is Fc1cc(C(Cl)Cc2nc3ccccc3s2)cc(F)c1F. The summed E-state index contributed by atoms with van der Waals surface area (Å²) < 4.78 is 40.4. The summed E-state index contributed by atoms with van der Waals surface area (Å²) in [5.41, 5.74) is 1.06. The Labute approximate surface area is 128 Å². The van der Waals surface area contributed by atoms with E-state index < -0.39 is 22.8 Å². The van der Waals surface area contributed by atoms with Crippen molar-refractivity contribution in [3.8, 4) is 0 Å². The number of thiazole rings is 1. The largest absolute Gasteiger partial charge is 0.241 e. The number of nitrogens with zero attached hydrogens (tertiary/aromatic N) is 1. The van der Waals surface area contributed by atoms with Gasteiger partial charge >= 0.3 is 0 Å². The predicted molar refractivity (Wildman–Crippen MR) is 78.2 cm³/mol. The molecule has 1 heterocycles. The Bertz CT molecular complexity index is 746. The van der Waals surface area contributed by atoms with E-state index in [0.717, 1.165) is 27.4 Å². The zero-order valence-corrected chi connectivity index (χ0v) is 12.2. The quantitative estimate of drug-likeness (QED) is 0.474. The van der Waals surface area contributed by atoms with Gasteiger partial charge < -0.3 is 0 Å². The summed E-state index contributed by atoms with van der Waals surface area (Å²) in [6.45, 7) is 0. The average Bonchev–Trinajstić information content (AvgIpc) is 2.86. The molecule has 1 unspecified atom stereocenters. The standard InChI is InChI=1S/C15H9ClF3NS/c16-9(8-5-10(17)15(19)11(18)6-8)7-14-20-12-3-1-2-4-13(12)21-14/h1-6,9H,7H2. The van der Waals surface area contributed by atoms with Gasteiger partial charge in [-0.15, -0.1) is 22.9 Å². The van der Waals surface area contributed by atoms with Crippen molar-refractivity contribution in [1.29, 1.82) is 0 Å². The lowest BCUT2D eigenvalue weighted by Crippen LogP contribution is -2.00. The van der Waals surface area contributed by atoms with Crippen LogP contribution in [0.3, 0.4) is 0 Å². The van der Waals surface area contributed by atoms with Crippen molar-refractivity contribution in [2.24, 2.45) is 0 Å². The fourth-order valence-corrected chi connectivity index (χ4v) is 3.41. The molecule has 0 aliphatic carbocycles. The Morgan fingerprint density at radius 3 is 2.43 bits per heavy atom. The van der Waals surface area contributed by atoms with Gasteiger partial charge in [0.25, 0.3) is 0 Å². The molecule has 6 heteroatoms. The summed E-state index contributed by atoms with van der Waals surface area (Å²) in [4.78, 5) is 4.41. The number of rotatable bonds is 3. The number of hydrogen-bond acceptors (Lipinski definition) is 2. The molecule has 3 rings (SSSR count). The highest BCUT2D eigenvalue weighted by Gasteiger charge is 2.17. The minimum Gasteiger partial charge on any atom is -0.241 e. The summed E-state index contributed by atoms with van der Waals surface area (Å²) in [6, 6.07) is 9.46. The number of fused-ring (bicyclic) bond motifs is 1. The number of alkyl halides is 1. The smallest absolute Gasteiger partial charge is 0.194 e. The van der Waals surface area contributed by atoms with E-state index in [1.165, 1.54) is 11.3 Å². The number of aromatic nitrogens is 1. The lowest BCUT2D eigenvalue weighted by molar-refractivity contribution is 0.445. The zero-order chi connectivity index (χ0) is 15.0. The van der Waals surface area contributed by atoms with E-state index in [9.17, 15) is 13.2 Å². The van der Waals surface area contributed by atoms with Crippen LogP contribution in [-0.2, 0) is 6.42 Å². The van der Waals surface area contributed by atoms with Gasteiger partial charge in [0, 0.05) is 6.42 Å². The lowest BCUT2D eigenvalue weighted by atomic mass is 10.1. The molecule has 0 N–H and O–H groups in total. The van der Waals surface area contributed by atoms with Crippen LogP contribution in [0.4, 0.5) is 13.2 Å². The minimum absolute atomic E-state index is 0.201. The van der Waals surface area contributed by atoms with E-state index in [1.807, 2.05) is 24.3 Å². The molecule has 2 aromatic carbocycles. The summed E-state index contributed by atoms with van der Waals surface area (Å²) in [5.74, 6) is -3.96. The Kier molecular flexibility index (Phi) is 3.87.